The van der Waals surface area contributed by atoms with E-state index in [0.717, 1.165) is 25.7 Å². The molecule has 1 rings (SSSR count). The van der Waals surface area contributed by atoms with Crippen LogP contribution in [0.1, 0.15) is 52.9 Å². The van der Waals surface area contributed by atoms with Crippen LogP contribution in [0.5, 0.6) is 0 Å². The van der Waals surface area contributed by atoms with Gasteiger partial charge in [-0.1, -0.05) is 13.8 Å². The number of carboxylic acid groups (broad SMARTS) is 1. The molecule has 0 aromatic rings. The first kappa shape index (κ1) is 17.3. The molecular formula is C15H27NO3S. The molecule has 0 aromatic carbocycles. The normalized spacial score (nSPS) is 26.1. The highest BCUT2D eigenvalue weighted by molar-refractivity contribution is 7.99. The Labute approximate surface area is 126 Å². The van der Waals surface area contributed by atoms with Crippen molar-refractivity contribution in [3.05, 3.63) is 0 Å². The number of carboxylic acids is 1. The average molecular weight is 301 g/mol. The van der Waals surface area contributed by atoms with Gasteiger partial charge in [0.25, 0.3) is 0 Å². The van der Waals surface area contributed by atoms with Gasteiger partial charge in [-0.2, -0.15) is 11.8 Å². The van der Waals surface area contributed by atoms with E-state index in [2.05, 4.69) is 11.6 Å². The molecule has 1 fully saturated rings. The minimum Gasteiger partial charge on any atom is -0.481 e. The summed E-state index contributed by atoms with van der Waals surface area (Å²) in [4.78, 5) is 23.5. The van der Waals surface area contributed by atoms with Crippen molar-refractivity contribution in [2.75, 3.05) is 6.26 Å². The predicted octanol–water partition coefficient (Wildman–Crippen LogP) is 2.91. The van der Waals surface area contributed by atoms with Gasteiger partial charge >= 0.3 is 5.97 Å². The molecule has 1 atom stereocenters. The molecule has 0 saturated heterocycles. The Bertz CT molecular complexity index is 351. The number of carbonyl (C=O) groups excluding carboxylic acids is 1. The molecule has 1 aliphatic carbocycles. The van der Waals surface area contributed by atoms with Crippen LogP contribution in [0.15, 0.2) is 0 Å². The van der Waals surface area contributed by atoms with E-state index in [1.807, 2.05) is 25.6 Å². The highest BCUT2D eigenvalue weighted by Crippen LogP contribution is 2.32. The number of nitrogens with one attached hydrogen (secondary N) is 1. The Kier molecular flexibility index (Phi) is 6.37. The van der Waals surface area contributed by atoms with E-state index < -0.39 is 11.4 Å². The van der Waals surface area contributed by atoms with Crippen LogP contribution in [0.3, 0.4) is 0 Å². The quantitative estimate of drug-likeness (QED) is 0.791. The zero-order valence-electron chi connectivity index (χ0n) is 12.9. The summed E-state index contributed by atoms with van der Waals surface area (Å²) in [6.45, 7) is 5.36. The van der Waals surface area contributed by atoms with Crippen molar-refractivity contribution in [3.63, 3.8) is 0 Å². The maximum absolute atomic E-state index is 12.1. The maximum atomic E-state index is 12.1. The van der Waals surface area contributed by atoms with Crippen molar-refractivity contribution in [1.29, 1.82) is 0 Å². The number of rotatable bonds is 6. The predicted molar refractivity (Wildman–Crippen MR) is 82.9 cm³/mol. The number of hydrogen-bond acceptors (Lipinski definition) is 3. The monoisotopic (exact) mass is 301 g/mol. The van der Waals surface area contributed by atoms with Gasteiger partial charge in [0.15, 0.2) is 0 Å². The van der Waals surface area contributed by atoms with Crippen LogP contribution in [0.25, 0.3) is 0 Å². The Hall–Kier alpha value is -0.710. The van der Waals surface area contributed by atoms with Crippen molar-refractivity contribution >= 4 is 23.6 Å². The van der Waals surface area contributed by atoms with Crippen LogP contribution in [0.4, 0.5) is 0 Å². The zero-order chi connectivity index (χ0) is 15.3. The number of hydrogen-bond donors (Lipinski definition) is 2. The van der Waals surface area contributed by atoms with Gasteiger partial charge < -0.3 is 10.4 Å². The summed E-state index contributed by atoms with van der Waals surface area (Å²) in [5.41, 5.74) is -0.986. The summed E-state index contributed by atoms with van der Waals surface area (Å²) in [6, 6.07) is 0.219. The molecule has 0 spiro atoms. The van der Waals surface area contributed by atoms with Gasteiger partial charge in [-0.15, -0.1) is 0 Å². The van der Waals surface area contributed by atoms with Crippen molar-refractivity contribution in [3.8, 4) is 0 Å². The summed E-state index contributed by atoms with van der Waals surface area (Å²) in [5, 5.41) is 13.1. The van der Waals surface area contributed by atoms with Crippen molar-refractivity contribution < 1.29 is 14.7 Å². The number of carbonyl (C=O) groups is 2. The van der Waals surface area contributed by atoms with E-state index in [0.29, 0.717) is 5.25 Å². The van der Waals surface area contributed by atoms with E-state index in [-0.39, 0.29) is 24.3 Å². The molecule has 2 N–H and O–H groups in total. The average Bonchev–Trinajstić information content (AvgIpc) is 2.38. The van der Waals surface area contributed by atoms with Gasteiger partial charge in [0, 0.05) is 17.7 Å². The molecule has 1 amide bonds. The Morgan fingerprint density at radius 2 is 1.85 bits per heavy atom. The van der Waals surface area contributed by atoms with Gasteiger partial charge in [-0.3, -0.25) is 9.59 Å². The SMILES string of the molecule is CSC1CCC(NC(=O)CC(C)(C(=O)O)C(C)C)CC1. The zero-order valence-corrected chi connectivity index (χ0v) is 13.8. The Balaban J connectivity index is 2.49. The molecule has 1 aliphatic rings. The molecule has 0 aromatic heterocycles. The van der Waals surface area contributed by atoms with E-state index in [4.69, 9.17) is 0 Å². The smallest absolute Gasteiger partial charge is 0.310 e. The minimum atomic E-state index is -0.986. The fourth-order valence-corrected chi connectivity index (χ4v) is 3.33. The highest BCUT2D eigenvalue weighted by Gasteiger charge is 2.39. The summed E-state index contributed by atoms with van der Waals surface area (Å²) in [5.74, 6) is -1.09. The van der Waals surface area contributed by atoms with E-state index in [1.54, 1.807) is 6.92 Å². The molecule has 5 heteroatoms. The molecule has 0 aliphatic heterocycles. The van der Waals surface area contributed by atoms with Gasteiger partial charge in [-0.25, -0.2) is 0 Å². The molecule has 4 nitrogen and oxygen atoms in total. The van der Waals surface area contributed by atoms with Gasteiger partial charge in [0.05, 0.1) is 5.41 Å². The lowest BCUT2D eigenvalue weighted by Crippen LogP contribution is -2.43. The van der Waals surface area contributed by atoms with E-state index in [1.165, 1.54) is 0 Å². The third kappa shape index (κ3) is 4.40. The van der Waals surface area contributed by atoms with Crippen LogP contribution < -0.4 is 5.32 Å². The molecule has 0 radical (unpaired) electrons. The summed E-state index contributed by atoms with van der Waals surface area (Å²) in [7, 11) is 0. The molecular weight excluding hydrogens is 274 g/mol. The van der Waals surface area contributed by atoms with Crippen LogP contribution in [0.2, 0.25) is 0 Å². The molecule has 1 saturated carbocycles. The second-order valence-corrected chi connectivity index (χ2v) is 7.47. The third-order valence-electron chi connectivity index (χ3n) is 4.66. The first-order valence-corrected chi connectivity index (χ1v) is 8.64. The standard InChI is InChI=1S/C15H27NO3S/c1-10(2)15(3,14(18)19)9-13(17)16-11-5-7-12(20-4)8-6-11/h10-12H,5-9H2,1-4H3,(H,16,17)(H,18,19). The first-order chi connectivity index (χ1) is 9.29. The lowest BCUT2D eigenvalue weighted by atomic mass is 9.76. The largest absolute Gasteiger partial charge is 0.481 e. The number of thioether (sulfide) groups is 1. The molecule has 1 unspecified atom stereocenters. The van der Waals surface area contributed by atoms with Crippen LogP contribution >= 0.6 is 11.8 Å². The molecule has 0 bridgehead atoms. The van der Waals surface area contributed by atoms with Gasteiger partial charge in [0.2, 0.25) is 5.91 Å². The molecule has 0 heterocycles. The fourth-order valence-electron chi connectivity index (χ4n) is 2.58. The van der Waals surface area contributed by atoms with Crippen molar-refractivity contribution in [2.45, 2.75) is 64.2 Å². The van der Waals surface area contributed by atoms with Crippen LogP contribution in [0, 0.1) is 11.3 Å². The van der Waals surface area contributed by atoms with E-state index >= 15 is 0 Å². The lowest BCUT2D eigenvalue weighted by molar-refractivity contribution is -0.153. The van der Waals surface area contributed by atoms with Gasteiger partial charge in [0.1, 0.15) is 0 Å². The Morgan fingerprint density at radius 1 is 1.30 bits per heavy atom. The molecule has 20 heavy (non-hydrogen) atoms. The number of amides is 1. The van der Waals surface area contributed by atoms with Crippen molar-refractivity contribution in [2.24, 2.45) is 11.3 Å². The Morgan fingerprint density at radius 3 is 2.25 bits per heavy atom. The molecule has 116 valence electrons. The van der Waals surface area contributed by atoms with Crippen LogP contribution in [-0.2, 0) is 9.59 Å². The second-order valence-electron chi connectivity index (χ2n) is 6.33. The lowest BCUT2D eigenvalue weighted by Gasteiger charge is -2.31. The van der Waals surface area contributed by atoms with Crippen molar-refractivity contribution in [1.82, 2.24) is 5.32 Å². The van der Waals surface area contributed by atoms with E-state index in [9.17, 15) is 14.7 Å². The van der Waals surface area contributed by atoms with Crippen LogP contribution in [-0.4, -0.2) is 34.5 Å². The summed E-state index contributed by atoms with van der Waals surface area (Å²) < 4.78 is 0. The fraction of sp³-hybridized carbons (Fsp3) is 0.867. The number of aliphatic carboxylic acids is 1. The highest BCUT2D eigenvalue weighted by atomic mass is 32.2. The second kappa shape index (κ2) is 7.34. The maximum Gasteiger partial charge on any atom is 0.310 e. The third-order valence-corrected chi connectivity index (χ3v) is 5.80. The first-order valence-electron chi connectivity index (χ1n) is 7.35. The summed E-state index contributed by atoms with van der Waals surface area (Å²) >= 11 is 1.89. The minimum absolute atomic E-state index is 0.0580. The topological polar surface area (TPSA) is 66.4 Å². The summed E-state index contributed by atoms with van der Waals surface area (Å²) in [6.07, 6.45) is 6.46. The van der Waals surface area contributed by atoms with Gasteiger partial charge in [-0.05, 0) is 44.8 Å².